The first-order valence-corrected chi connectivity index (χ1v) is 10.6. The molecule has 0 saturated carbocycles. The van der Waals surface area contributed by atoms with Gasteiger partial charge in [-0.25, -0.2) is 14.2 Å². The van der Waals surface area contributed by atoms with Gasteiger partial charge in [-0.2, -0.15) is 18.2 Å². The second-order valence-electron chi connectivity index (χ2n) is 7.92. The normalized spacial score (nSPS) is 16.3. The van der Waals surface area contributed by atoms with E-state index in [0.29, 0.717) is 28.9 Å². The van der Waals surface area contributed by atoms with E-state index >= 15 is 0 Å². The van der Waals surface area contributed by atoms with Gasteiger partial charge in [0.15, 0.2) is 0 Å². The summed E-state index contributed by atoms with van der Waals surface area (Å²) in [5.41, 5.74) is 1.77. The van der Waals surface area contributed by atoms with Crippen LogP contribution in [0.15, 0.2) is 59.8 Å². The Labute approximate surface area is 197 Å². The lowest BCUT2D eigenvalue weighted by atomic mass is 9.97. The molecule has 0 amide bonds. The molecule has 0 aliphatic carbocycles. The molecule has 35 heavy (non-hydrogen) atoms. The van der Waals surface area contributed by atoms with Gasteiger partial charge in [-0.1, -0.05) is 24.3 Å². The van der Waals surface area contributed by atoms with Crippen LogP contribution in [0.2, 0.25) is 0 Å². The van der Waals surface area contributed by atoms with E-state index in [1.165, 1.54) is 35.3 Å². The summed E-state index contributed by atoms with van der Waals surface area (Å²) in [7, 11) is 0. The summed E-state index contributed by atoms with van der Waals surface area (Å²) in [6.07, 6.45) is -0.723. The second-order valence-corrected chi connectivity index (χ2v) is 7.92. The molecular formula is C23H21F4N5O3. The lowest BCUT2D eigenvalue weighted by Crippen LogP contribution is -2.40. The van der Waals surface area contributed by atoms with Crippen molar-refractivity contribution in [1.29, 1.82) is 0 Å². The maximum atomic E-state index is 13.2. The maximum Gasteiger partial charge on any atom is 0.411 e. The smallest absolute Gasteiger partial charge is 0.387 e. The van der Waals surface area contributed by atoms with E-state index in [-0.39, 0.29) is 31.5 Å². The number of alkyl halides is 3. The summed E-state index contributed by atoms with van der Waals surface area (Å²) in [5.74, 6) is -0.202. The SMILES string of the molecule is O=c1nc(N2CC=C(c3ccc(F)cc3)[C@@H](O)C2)ncn1Cc1ccc(COCC(F)(F)F)nc1. The molecule has 1 aromatic carbocycles. The topological polar surface area (TPSA) is 93.4 Å². The number of aliphatic hydroxyl groups excluding tert-OH is 1. The number of pyridine rings is 1. The first-order chi connectivity index (χ1) is 16.7. The minimum atomic E-state index is -4.40. The Hall–Kier alpha value is -3.64. The first-order valence-electron chi connectivity index (χ1n) is 10.6. The Kier molecular flexibility index (Phi) is 7.22. The zero-order valence-corrected chi connectivity index (χ0v) is 18.3. The summed E-state index contributed by atoms with van der Waals surface area (Å²) < 4.78 is 55.4. The highest BCUT2D eigenvalue weighted by Crippen LogP contribution is 2.24. The Bertz CT molecular complexity index is 1240. The molecule has 184 valence electrons. The Morgan fingerprint density at radius 1 is 1.11 bits per heavy atom. The number of anilines is 1. The van der Waals surface area contributed by atoms with Gasteiger partial charge in [-0.05, 0) is 34.9 Å². The van der Waals surface area contributed by atoms with E-state index in [1.54, 1.807) is 29.2 Å². The quantitative estimate of drug-likeness (QED) is 0.508. The zero-order chi connectivity index (χ0) is 25.0. The summed E-state index contributed by atoms with van der Waals surface area (Å²) >= 11 is 0. The van der Waals surface area contributed by atoms with Gasteiger partial charge in [-0.15, -0.1) is 0 Å². The van der Waals surface area contributed by atoms with Gasteiger partial charge < -0.3 is 14.7 Å². The average molecular weight is 491 g/mol. The van der Waals surface area contributed by atoms with Crippen molar-refractivity contribution in [2.24, 2.45) is 0 Å². The first kappa shape index (κ1) is 24.5. The largest absolute Gasteiger partial charge is 0.411 e. The molecule has 2 aromatic heterocycles. The molecule has 3 aromatic rings. The predicted octanol–water partition coefficient (Wildman–Crippen LogP) is 2.56. The molecule has 0 unspecified atom stereocenters. The molecule has 3 heterocycles. The number of hydrogen-bond donors (Lipinski definition) is 1. The fraction of sp³-hybridized carbons (Fsp3) is 0.304. The molecule has 8 nitrogen and oxygen atoms in total. The van der Waals surface area contributed by atoms with Crippen molar-refractivity contribution in [3.8, 4) is 0 Å². The van der Waals surface area contributed by atoms with Gasteiger partial charge in [0.05, 0.1) is 31.5 Å². The Morgan fingerprint density at radius 3 is 2.51 bits per heavy atom. The minimum Gasteiger partial charge on any atom is -0.387 e. The average Bonchev–Trinajstić information content (AvgIpc) is 2.81. The molecule has 1 aliphatic rings. The van der Waals surface area contributed by atoms with E-state index in [0.717, 1.165) is 0 Å². The molecule has 0 bridgehead atoms. The van der Waals surface area contributed by atoms with Crippen LogP contribution in [0.4, 0.5) is 23.5 Å². The van der Waals surface area contributed by atoms with E-state index in [9.17, 15) is 27.5 Å². The van der Waals surface area contributed by atoms with E-state index in [4.69, 9.17) is 0 Å². The molecule has 0 radical (unpaired) electrons. The van der Waals surface area contributed by atoms with Gasteiger partial charge in [0.1, 0.15) is 18.8 Å². The van der Waals surface area contributed by atoms with Crippen LogP contribution in [0.1, 0.15) is 16.8 Å². The summed E-state index contributed by atoms with van der Waals surface area (Å²) in [5, 5.41) is 10.5. The highest BCUT2D eigenvalue weighted by Gasteiger charge is 2.27. The fourth-order valence-electron chi connectivity index (χ4n) is 3.55. The molecule has 0 fully saturated rings. The molecular weight excluding hydrogens is 470 g/mol. The number of benzene rings is 1. The standard InChI is InChI=1S/C23H21F4N5O3/c24-17-4-2-16(3-5-17)19-7-8-31(11-20(19)33)21-29-14-32(22(34)30-21)10-15-1-6-18(28-9-15)12-35-13-23(25,26)27/h1-7,9,14,20,33H,8,10-13H2/t20-/m0/s1. The molecule has 1 atom stereocenters. The highest BCUT2D eigenvalue weighted by molar-refractivity contribution is 5.71. The third kappa shape index (κ3) is 6.49. The molecule has 12 heteroatoms. The molecule has 0 spiro atoms. The van der Waals surface area contributed by atoms with Crippen LogP contribution < -0.4 is 10.6 Å². The van der Waals surface area contributed by atoms with Crippen LogP contribution in [0.5, 0.6) is 0 Å². The van der Waals surface area contributed by atoms with Gasteiger partial charge >= 0.3 is 11.9 Å². The number of halogens is 4. The van der Waals surface area contributed by atoms with Crippen LogP contribution in [0.25, 0.3) is 5.57 Å². The zero-order valence-electron chi connectivity index (χ0n) is 18.3. The van der Waals surface area contributed by atoms with Gasteiger partial charge in [0.25, 0.3) is 0 Å². The number of hydrogen-bond acceptors (Lipinski definition) is 7. The number of aliphatic hydroxyl groups is 1. The highest BCUT2D eigenvalue weighted by atomic mass is 19.4. The van der Waals surface area contributed by atoms with Crippen molar-refractivity contribution < 1.29 is 27.4 Å². The van der Waals surface area contributed by atoms with E-state index in [1.807, 2.05) is 0 Å². The van der Waals surface area contributed by atoms with Crippen LogP contribution in [0, 0.1) is 5.82 Å². The molecule has 1 aliphatic heterocycles. The minimum absolute atomic E-state index is 0.118. The van der Waals surface area contributed by atoms with Crippen molar-refractivity contribution in [3.63, 3.8) is 0 Å². The van der Waals surface area contributed by atoms with Crippen molar-refractivity contribution in [2.75, 3.05) is 24.6 Å². The van der Waals surface area contributed by atoms with Crippen molar-refractivity contribution >= 4 is 11.5 Å². The second kappa shape index (κ2) is 10.3. The van der Waals surface area contributed by atoms with Crippen molar-refractivity contribution in [3.05, 3.63) is 88.1 Å². The third-order valence-corrected chi connectivity index (χ3v) is 5.25. The third-order valence-electron chi connectivity index (χ3n) is 5.25. The number of ether oxygens (including phenoxy) is 1. The van der Waals surface area contributed by atoms with Gasteiger partial charge in [0.2, 0.25) is 5.95 Å². The van der Waals surface area contributed by atoms with Gasteiger partial charge in [0, 0.05) is 12.7 Å². The number of nitrogens with zero attached hydrogens (tertiary/aromatic N) is 5. The summed E-state index contributed by atoms with van der Waals surface area (Å²) in [6.45, 7) is -1.00. The van der Waals surface area contributed by atoms with Crippen LogP contribution in [-0.4, -0.2) is 56.6 Å². The van der Waals surface area contributed by atoms with Crippen LogP contribution in [0.3, 0.4) is 0 Å². The van der Waals surface area contributed by atoms with Gasteiger partial charge in [-0.3, -0.25) is 9.55 Å². The Morgan fingerprint density at radius 2 is 1.89 bits per heavy atom. The monoisotopic (exact) mass is 491 g/mol. The number of β-amino-alcohol motifs (C(OH)–C–C–N with tert-alkyl or cyclic N) is 1. The molecule has 1 N–H and O–H groups in total. The number of aromatic nitrogens is 4. The molecule has 0 saturated heterocycles. The summed E-state index contributed by atoms with van der Waals surface area (Å²) in [4.78, 5) is 26.4. The summed E-state index contributed by atoms with van der Waals surface area (Å²) in [6, 6.07) is 8.98. The van der Waals surface area contributed by atoms with E-state index in [2.05, 4.69) is 19.7 Å². The van der Waals surface area contributed by atoms with E-state index < -0.39 is 24.6 Å². The number of rotatable bonds is 7. The lowest BCUT2D eigenvalue weighted by Gasteiger charge is -2.30. The fourth-order valence-corrected chi connectivity index (χ4v) is 3.55. The van der Waals surface area contributed by atoms with Crippen LogP contribution >= 0.6 is 0 Å². The lowest BCUT2D eigenvalue weighted by molar-refractivity contribution is -0.176. The maximum absolute atomic E-state index is 13.2. The predicted molar refractivity (Wildman–Crippen MR) is 118 cm³/mol. The van der Waals surface area contributed by atoms with Crippen molar-refractivity contribution in [2.45, 2.75) is 25.4 Å². The van der Waals surface area contributed by atoms with Crippen LogP contribution in [-0.2, 0) is 17.9 Å². The molecule has 4 rings (SSSR count). The Balaban J connectivity index is 1.38. The van der Waals surface area contributed by atoms with Crippen molar-refractivity contribution in [1.82, 2.24) is 19.5 Å².